The molecule has 0 aliphatic carbocycles. The van der Waals surface area contributed by atoms with Crippen LogP contribution in [0.2, 0.25) is 0 Å². The number of methoxy groups -OCH3 is 1. The number of benzene rings is 3. The summed E-state index contributed by atoms with van der Waals surface area (Å²) in [5.74, 6) is 0.424. The zero-order chi connectivity index (χ0) is 33.9. The molecule has 48 heavy (non-hydrogen) atoms. The molecule has 0 spiro atoms. The van der Waals surface area contributed by atoms with Gasteiger partial charge in [0.2, 0.25) is 11.8 Å². The monoisotopic (exact) mass is 670 g/mol. The topological polar surface area (TPSA) is 128 Å². The Morgan fingerprint density at radius 1 is 1.06 bits per heavy atom. The van der Waals surface area contributed by atoms with Crippen LogP contribution in [0.5, 0.6) is 5.75 Å². The van der Waals surface area contributed by atoms with Gasteiger partial charge < -0.3 is 30.5 Å². The molecule has 4 amide bonds. The molecule has 1 aromatic heterocycles. The summed E-state index contributed by atoms with van der Waals surface area (Å²) in [6.45, 7) is 3.26. The fourth-order valence-corrected chi connectivity index (χ4v) is 7.25. The molecule has 2 atom stereocenters. The van der Waals surface area contributed by atoms with E-state index in [0.717, 1.165) is 38.3 Å². The molecule has 2 fully saturated rings. The second-order valence-electron chi connectivity index (χ2n) is 12.3. The largest absolute Gasteiger partial charge is 0.497 e. The molecule has 0 radical (unpaired) electrons. The third-order valence-corrected chi connectivity index (χ3v) is 9.76. The first-order valence-corrected chi connectivity index (χ1v) is 16.9. The maximum absolute atomic E-state index is 14.3. The highest BCUT2D eigenvalue weighted by Gasteiger charge is 2.52. The molecular weight excluding hydrogens is 629 g/mol. The maximum Gasteiger partial charge on any atom is 0.332 e. The van der Waals surface area contributed by atoms with Crippen LogP contribution in [-0.2, 0) is 29.1 Å². The van der Waals surface area contributed by atoms with Crippen molar-refractivity contribution in [2.75, 3.05) is 51.5 Å². The number of hydrogen-bond acceptors (Lipinski definition) is 9. The molecule has 2 aliphatic heterocycles. The molecule has 4 aromatic rings. The van der Waals surface area contributed by atoms with Crippen molar-refractivity contribution in [1.82, 2.24) is 30.1 Å². The minimum atomic E-state index is -0.739. The Labute approximate surface area is 284 Å². The Kier molecular flexibility index (Phi) is 9.69. The van der Waals surface area contributed by atoms with Crippen LogP contribution in [0.3, 0.4) is 0 Å². The van der Waals surface area contributed by atoms with Crippen molar-refractivity contribution >= 4 is 50.2 Å². The van der Waals surface area contributed by atoms with Crippen LogP contribution < -0.4 is 20.7 Å². The Hall–Kier alpha value is -4.88. The number of rotatable bonds is 11. The van der Waals surface area contributed by atoms with Crippen molar-refractivity contribution in [1.29, 1.82) is 0 Å². The number of nitrogens with two attached hydrogens (primary N) is 1. The predicted molar refractivity (Wildman–Crippen MR) is 187 cm³/mol. The molecule has 6 rings (SSSR count). The molecule has 13 heteroatoms. The van der Waals surface area contributed by atoms with Gasteiger partial charge in [0.05, 0.1) is 30.4 Å². The second kappa shape index (κ2) is 14.1. The second-order valence-corrected chi connectivity index (χ2v) is 13.4. The zero-order valence-electron chi connectivity index (χ0n) is 27.8. The van der Waals surface area contributed by atoms with Crippen molar-refractivity contribution in [2.24, 2.45) is 0 Å². The van der Waals surface area contributed by atoms with E-state index in [-0.39, 0.29) is 30.9 Å². The number of hydrogen-bond donors (Lipinski definition) is 2. The van der Waals surface area contributed by atoms with Crippen molar-refractivity contribution in [3.63, 3.8) is 0 Å². The number of piperazine rings is 1. The van der Waals surface area contributed by atoms with Crippen LogP contribution in [-0.4, -0.2) is 95.7 Å². The SMILES string of the molecule is CCCN(C(=O)NCc1ccc(OC)cc1)N1CC(=O)N2[C@@H](Cc3ccc(N(C)C)cc3)C(=O)N(Cc3cccc4sc(N)nc34)C[C@@H]21. The van der Waals surface area contributed by atoms with Gasteiger partial charge in [0.1, 0.15) is 18.0 Å². The molecule has 2 saturated heterocycles. The number of nitrogens with zero attached hydrogens (tertiary/aromatic N) is 6. The van der Waals surface area contributed by atoms with E-state index in [9.17, 15) is 14.4 Å². The zero-order valence-corrected chi connectivity index (χ0v) is 28.6. The average molecular weight is 671 g/mol. The molecule has 3 N–H and O–H groups in total. The number of nitrogen functional groups attached to an aromatic ring is 1. The van der Waals surface area contributed by atoms with Crippen LogP contribution in [0, 0.1) is 0 Å². The Morgan fingerprint density at radius 2 is 1.79 bits per heavy atom. The standard InChI is InChI=1S/C35H42N8O4S/c1-5-17-41(35(46)37-19-24-11-15-27(47-4)16-12-24)42-22-31(44)43-28(18-23-9-13-26(14-10-23)39(2)3)33(45)40(21-30(42)43)20-25-7-6-8-29-32(25)38-34(36)48-29/h6-16,28,30H,5,17-22H2,1-4H3,(H2,36,38)(H,37,46)/t28-,30+/m0/s1. The number of nitrogens with one attached hydrogen (secondary N) is 1. The summed E-state index contributed by atoms with van der Waals surface area (Å²) in [6, 6.07) is 20.4. The summed E-state index contributed by atoms with van der Waals surface area (Å²) in [4.78, 5) is 52.0. The van der Waals surface area contributed by atoms with E-state index < -0.39 is 12.2 Å². The van der Waals surface area contributed by atoms with Gasteiger partial charge in [-0.15, -0.1) is 0 Å². The van der Waals surface area contributed by atoms with Gasteiger partial charge in [0, 0.05) is 45.8 Å². The smallest absolute Gasteiger partial charge is 0.332 e. The third kappa shape index (κ3) is 6.74. The summed E-state index contributed by atoms with van der Waals surface area (Å²) in [7, 11) is 5.57. The van der Waals surface area contributed by atoms with Gasteiger partial charge in [-0.2, -0.15) is 5.01 Å². The first-order valence-electron chi connectivity index (χ1n) is 16.1. The number of carbonyl (C=O) groups is 3. The fourth-order valence-electron chi connectivity index (χ4n) is 6.47. The van der Waals surface area contributed by atoms with Gasteiger partial charge in [0.15, 0.2) is 5.13 Å². The van der Waals surface area contributed by atoms with E-state index in [4.69, 9.17) is 10.5 Å². The highest BCUT2D eigenvalue weighted by atomic mass is 32.1. The molecule has 2 aliphatic rings. The van der Waals surface area contributed by atoms with E-state index in [2.05, 4.69) is 10.3 Å². The number of fused-ring (bicyclic) bond motifs is 2. The number of aromatic nitrogens is 1. The van der Waals surface area contributed by atoms with E-state index in [1.807, 2.05) is 97.7 Å². The van der Waals surface area contributed by atoms with Crippen LogP contribution in [0.4, 0.5) is 15.6 Å². The normalized spacial score (nSPS) is 17.9. The van der Waals surface area contributed by atoms with Crippen molar-refractivity contribution in [3.05, 3.63) is 83.4 Å². The highest BCUT2D eigenvalue weighted by Crippen LogP contribution is 2.32. The summed E-state index contributed by atoms with van der Waals surface area (Å²) < 4.78 is 6.20. The lowest BCUT2D eigenvalue weighted by Gasteiger charge is -2.46. The molecular formula is C35H42N8O4S. The number of amides is 4. The number of ether oxygens (including phenoxy) is 1. The average Bonchev–Trinajstić information content (AvgIpc) is 3.63. The van der Waals surface area contributed by atoms with Gasteiger partial charge in [-0.25, -0.2) is 9.78 Å². The van der Waals surface area contributed by atoms with E-state index >= 15 is 0 Å². The minimum absolute atomic E-state index is 0.00396. The lowest BCUT2D eigenvalue weighted by atomic mass is 9.99. The van der Waals surface area contributed by atoms with Gasteiger partial charge >= 0.3 is 6.03 Å². The van der Waals surface area contributed by atoms with E-state index in [1.54, 1.807) is 21.9 Å². The Balaban J connectivity index is 1.30. The molecule has 12 nitrogen and oxygen atoms in total. The van der Waals surface area contributed by atoms with Gasteiger partial charge in [0.25, 0.3) is 0 Å². The Bertz CT molecular complexity index is 1780. The predicted octanol–water partition coefficient (Wildman–Crippen LogP) is 3.91. The lowest BCUT2D eigenvalue weighted by molar-refractivity contribution is -0.157. The number of para-hydroxylation sites is 1. The third-order valence-electron chi connectivity index (χ3n) is 8.91. The lowest BCUT2D eigenvalue weighted by Crippen LogP contribution is -2.66. The van der Waals surface area contributed by atoms with Crippen molar-refractivity contribution < 1.29 is 19.1 Å². The molecule has 252 valence electrons. The summed E-state index contributed by atoms with van der Waals surface area (Å²) in [6.07, 6.45) is 0.509. The molecule has 3 aromatic carbocycles. The minimum Gasteiger partial charge on any atom is -0.497 e. The van der Waals surface area contributed by atoms with Gasteiger partial charge in [-0.3, -0.25) is 14.6 Å². The van der Waals surface area contributed by atoms with Crippen LogP contribution in [0.1, 0.15) is 30.0 Å². The fraction of sp³-hybridized carbons (Fsp3) is 0.371. The van der Waals surface area contributed by atoms with Crippen molar-refractivity contribution in [2.45, 2.75) is 45.1 Å². The number of urea groups is 1. The quantitative estimate of drug-likeness (QED) is 0.246. The molecule has 3 heterocycles. The first kappa shape index (κ1) is 33.0. The number of hydrazine groups is 1. The van der Waals surface area contributed by atoms with Gasteiger partial charge in [-0.05, 0) is 53.4 Å². The van der Waals surface area contributed by atoms with E-state index in [0.29, 0.717) is 37.6 Å². The molecule has 0 bridgehead atoms. The first-order chi connectivity index (χ1) is 23.2. The van der Waals surface area contributed by atoms with Crippen LogP contribution >= 0.6 is 11.3 Å². The Morgan fingerprint density at radius 3 is 2.48 bits per heavy atom. The van der Waals surface area contributed by atoms with Crippen LogP contribution in [0.15, 0.2) is 66.7 Å². The van der Waals surface area contributed by atoms with Crippen molar-refractivity contribution in [3.8, 4) is 5.75 Å². The highest BCUT2D eigenvalue weighted by molar-refractivity contribution is 7.22. The van der Waals surface area contributed by atoms with E-state index in [1.165, 1.54) is 11.3 Å². The number of thiazole rings is 1. The van der Waals surface area contributed by atoms with Crippen LogP contribution in [0.25, 0.3) is 10.2 Å². The van der Waals surface area contributed by atoms with Gasteiger partial charge in [-0.1, -0.05) is 54.7 Å². The molecule has 0 unspecified atom stereocenters. The number of anilines is 2. The maximum atomic E-state index is 14.3. The summed E-state index contributed by atoms with van der Waals surface area (Å²) in [5, 5.41) is 6.96. The molecule has 0 saturated carbocycles. The number of carbonyl (C=O) groups excluding carboxylic acids is 3. The summed E-state index contributed by atoms with van der Waals surface area (Å²) >= 11 is 1.41. The summed E-state index contributed by atoms with van der Waals surface area (Å²) in [5.41, 5.74) is 10.6.